The molecule has 0 saturated carbocycles. The summed E-state index contributed by atoms with van der Waals surface area (Å²) >= 11 is 0. The number of nitrogens with one attached hydrogen (secondary N) is 2. The number of hydrazone groups is 1. The molecule has 0 aliphatic carbocycles. The number of carbonyl (C=O) groups is 1. The molecule has 0 unspecified atom stereocenters. The Morgan fingerprint density at radius 1 is 1.15 bits per heavy atom. The first kappa shape index (κ1) is 17.3. The Hall–Kier alpha value is -3.48. The maximum absolute atomic E-state index is 13.0. The van der Waals surface area contributed by atoms with E-state index in [0.29, 0.717) is 11.3 Å². The number of rotatable bonds is 5. The molecular formula is C19H18FN5O. The lowest BCUT2D eigenvalue weighted by Crippen LogP contribution is -2.18. The van der Waals surface area contributed by atoms with Crippen molar-refractivity contribution in [2.75, 3.05) is 19.0 Å². The molecule has 0 aliphatic heterocycles. The second-order valence-corrected chi connectivity index (χ2v) is 5.86. The molecule has 3 aromatic rings. The Bertz CT molecular complexity index is 914. The highest BCUT2D eigenvalue weighted by molar-refractivity contribution is 5.94. The number of H-pyrrole nitrogens is 1. The minimum Gasteiger partial charge on any atom is -0.378 e. The highest BCUT2D eigenvalue weighted by Gasteiger charge is 2.10. The molecular weight excluding hydrogens is 333 g/mol. The molecule has 2 aromatic carbocycles. The smallest absolute Gasteiger partial charge is 0.289 e. The van der Waals surface area contributed by atoms with Crippen LogP contribution in [0.2, 0.25) is 0 Å². The monoisotopic (exact) mass is 351 g/mol. The van der Waals surface area contributed by atoms with Crippen LogP contribution in [0.5, 0.6) is 0 Å². The Balaban J connectivity index is 1.62. The van der Waals surface area contributed by atoms with Gasteiger partial charge in [0.05, 0.1) is 11.9 Å². The van der Waals surface area contributed by atoms with E-state index in [-0.39, 0.29) is 11.5 Å². The topological polar surface area (TPSA) is 73.4 Å². The minimum atomic E-state index is -0.410. The standard InChI is InChI=1S/C19H18FN5O/c1-25(2)16-9-3-13(4-10-16)12-21-24-19(26)18-11-17(22-23-18)14-5-7-15(20)8-6-14/h3-12H,1-2H3,(H,22,23)(H,24,26)/b21-12+. The van der Waals surface area contributed by atoms with Crippen LogP contribution in [0.25, 0.3) is 11.3 Å². The molecule has 0 bridgehead atoms. The third-order valence-corrected chi connectivity index (χ3v) is 3.75. The maximum atomic E-state index is 13.0. The number of anilines is 1. The first-order valence-corrected chi connectivity index (χ1v) is 7.95. The molecule has 0 fully saturated rings. The first-order valence-electron chi connectivity index (χ1n) is 7.95. The van der Waals surface area contributed by atoms with Gasteiger partial charge in [0.15, 0.2) is 0 Å². The van der Waals surface area contributed by atoms with Gasteiger partial charge in [-0.25, -0.2) is 9.82 Å². The second-order valence-electron chi connectivity index (χ2n) is 5.86. The van der Waals surface area contributed by atoms with Crippen LogP contribution in [0.15, 0.2) is 59.7 Å². The van der Waals surface area contributed by atoms with E-state index in [2.05, 4.69) is 20.7 Å². The van der Waals surface area contributed by atoms with Crippen molar-refractivity contribution in [2.45, 2.75) is 0 Å². The quantitative estimate of drug-likeness (QED) is 0.548. The lowest BCUT2D eigenvalue weighted by Gasteiger charge is -2.11. The molecule has 1 aromatic heterocycles. The Morgan fingerprint density at radius 2 is 1.85 bits per heavy atom. The molecule has 2 N–H and O–H groups in total. The molecule has 1 heterocycles. The highest BCUT2D eigenvalue weighted by atomic mass is 19.1. The zero-order valence-electron chi connectivity index (χ0n) is 14.4. The zero-order chi connectivity index (χ0) is 18.5. The molecule has 0 aliphatic rings. The molecule has 6 nitrogen and oxygen atoms in total. The van der Waals surface area contributed by atoms with E-state index in [9.17, 15) is 9.18 Å². The Kier molecular flexibility index (Phi) is 5.07. The third kappa shape index (κ3) is 4.13. The van der Waals surface area contributed by atoms with Crippen molar-refractivity contribution in [2.24, 2.45) is 5.10 Å². The number of hydrogen-bond donors (Lipinski definition) is 2. The van der Waals surface area contributed by atoms with E-state index < -0.39 is 5.91 Å². The van der Waals surface area contributed by atoms with Crippen molar-refractivity contribution < 1.29 is 9.18 Å². The van der Waals surface area contributed by atoms with Crippen molar-refractivity contribution >= 4 is 17.8 Å². The summed E-state index contributed by atoms with van der Waals surface area (Å²) < 4.78 is 13.0. The van der Waals surface area contributed by atoms with Crippen LogP contribution < -0.4 is 10.3 Å². The van der Waals surface area contributed by atoms with Crippen molar-refractivity contribution in [3.05, 3.63) is 71.7 Å². The lowest BCUT2D eigenvalue weighted by atomic mass is 10.1. The number of benzene rings is 2. The number of hydrogen-bond acceptors (Lipinski definition) is 4. The molecule has 132 valence electrons. The molecule has 0 radical (unpaired) electrons. The molecule has 26 heavy (non-hydrogen) atoms. The number of halogens is 1. The molecule has 0 atom stereocenters. The van der Waals surface area contributed by atoms with Gasteiger partial charge >= 0.3 is 0 Å². The minimum absolute atomic E-state index is 0.268. The van der Waals surface area contributed by atoms with Crippen LogP contribution in [0.3, 0.4) is 0 Å². The summed E-state index contributed by atoms with van der Waals surface area (Å²) in [6.07, 6.45) is 1.56. The van der Waals surface area contributed by atoms with E-state index in [1.165, 1.54) is 12.1 Å². The average molecular weight is 351 g/mol. The molecule has 0 saturated heterocycles. The van der Waals surface area contributed by atoms with Crippen LogP contribution in [-0.2, 0) is 0 Å². The summed E-state index contributed by atoms with van der Waals surface area (Å²) in [5.74, 6) is -0.734. The fourth-order valence-corrected chi connectivity index (χ4v) is 2.29. The highest BCUT2D eigenvalue weighted by Crippen LogP contribution is 2.18. The summed E-state index contributed by atoms with van der Waals surface area (Å²) in [6.45, 7) is 0. The van der Waals surface area contributed by atoms with Gasteiger partial charge in [-0.05, 0) is 48.0 Å². The second kappa shape index (κ2) is 7.60. The number of nitrogens with zero attached hydrogens (tertiary/aromatic N) is 3. The fourth-order valence-electron chi connectivity index (χ4n) is 2.29. The van der Waals surface area contributed by atoms with Gasteiger partial charge in [-0.1, -0.05) is 12.1 Å². The summed E-state index contributed by atoms with van der Waals surface area (Å²) in [6, 6.07) is 15.2. The Morgan fingerprint density at radius 3 is 2.50 bits per heavy atom. The molecule has 3 rings (SSSR count). The van der Waals surface area contributed by atoms with Crippen LogP contribution >= 0.6 is 0 Å². The van der Waals surface area contributed by atoms with Gasteiger partial charge in [-0.15, -0.1) is 0 Å². The van der Waals surface area contributed by atoms with E-state index in [1.54, 1.807) is 24.4 Å². The lowest BCUT2D eigenvalue weighted by molar-refractivity contribution is 0.0950. The van der Waals surface area contributed by atoms with Crippen molar-refractivity contribution in [1.29, 1.82) is 0 Å². The number of amides is 1. The normalized spacial score (nSPS) is 10.9. The van der Waals surface area contributed by atoms with Gasteiger partial charge in [0, 0.05) is 25.3 Å². The van der Waals surface area contributed by atoms with Gasteiger partial charge in [0.25, 0.3) is 5.91 Å². The predicted molar refractivity (Wildman–Crippen MR) is 99.8 cm³/mol. The Labute approximate surface area is 150 Å². The van der Waals surface area contributed by atoms with Crippen molar-refractivity contribution in [1.82, 2.24) is 15.6 Å². The van der Waals surface area contributed by atoms with Crippen LogP contribution in [-0.4, -0.2) is 36.4 Å². The van der Waals surface area contributed by atoms with E-state index in [1.807, 2.05) is 43.3 Å². The molecule has 7 heteroatoms. The van der Waals surface area contributed by atoms with Crippen molar-refractivity contribution in [3.63, 3.8) is 0 Å². The van der Waals surface area contributed by atoms with Crippen LogP contribution in [0.4, 0.5) is 10.1 Å². The number of carbonyl (C=O) groups excluding carboxylic acids is 1. The maximum Gasteiger partial charge on any atom is 0.289 e. The van der Waals surface area contributed by atoms with Gasteiger partial charge in [-0.2, -0.15) is 10.2 Å². The number of aromatic nitrogens is 2. The SMILES string of the molecule is CN(C)c1ccc(/C=N/NC(=O)c2cc(-c3ccc(F)cc3)n[nH]2)cc1. The average Bonchev–Trinajstić information content (AvgIpc) is 3.13. The summed E-state index contributed by atoms with van der Waals surface area (Å²) in [5, 5.41) is 10.7. The number of aromatic amines is 1. The van der Waals surface area contributed by atoms with E-state index >= 15 is 0 Å². The van der Waals surface area contributed by atoms with Crippen LogP contribution in [0.1, 0.15) is 16.1 Å². The summed E-state index contributed by atoms with van der Waals surface area (Å²) in [7, 11) is 3.93. The van der Waals surface area contributed by atoms with Crippen LogP contribution in [0, 0.1) is 5.82 Å². The van der Waals surface area contributed by atoms with Gasteiger partial charge in [0.2, 0.25) is 0 Å². The van der Waals surface area contributed by atoms with Crippen molar-refractivity contribution in [3.8, 4) is 11.3 Å². The van der Waals surface area contributed by atoms with Gasteiger partial charge in [0.1, 0.15) is 11.5 Å². The predicted octanol–water partition coefficient (Wildman–Crippen LogP) is 3.05. The van der Waals surface area contributed by atoms with E-state index in [0.717, 1.165) is 11.3 Å². The first-order chi connectivity index (χ1) is 12.5. The third-order valence-electron chi connectivity index (χ3n) is 3.75. The molecule has 1 amide bonds. The molecule has 0 spiro atoms. The van der Waals surface area contributed by atoms with E-state index in [4.69, 9.17) is 0 Å². The van der Waals surface area contributed by atoms with Gasteiger partial charge < -0.3 is 4.90 Å². The zero-order valence-corrected chi connectivity index (χ0v) is 14.4. The summed E-state index contributed by atoms with van der Waals surface area (Å²) in [4.78, 5) is 14.1. The van der Waals surface area contributed by atoms with Gasteiger partial charge in [-0.3, -0.25) is 9.89 Å². The fraction of sp³-hybridized carbons (Fsp3) is 0.105. The summed E-state index contributed by atoms with van der Waals surface area (Å²) in [5.41, 5.74) is 5.93. The largest absolute Gasteiger partial charge is 0.378 e.